The Morgan fingerprint density at radius 2 is 1.85 bits per heavy atom. The van der Waals surface area contributed by atoms with E-state index in [1.807, 2.05) is 0 Å². The second-order valence-electron chi connectivity index (χ2n) is 4.22. The second-order valence-corrected chi connectivity index (χ2v) is 4.22. The molecule has 0 saturated carbocycles. The fourth-order valence-corrected chi connectivity index (χ4v) is 1.15. The topological polar surface area (TPSA) is 15.3 Å². The summed E-state index contributed by atoms with van der Waals surface area (Å²) < 4.78 is 0. The number of nitrogens with zero attached hydrogens (tertiary/aromatic N) is 1. The fourth-order valence-electron chi connectivity index (χ4n) is 1.15. The zero-order chi connectivity index (χ0) is 10.3. The molecule has 1 atom stereocenters. The Hall–Kier alpha value is -0.0800. The maximum Gasteiger partial charge on any atom is 0.00508 e. The van der Waals surface area contributed by atoms with Crippen molar-refractivity contribution in [1.82, 2.24) is 10.2 Å². The van der Waals surface area contributed by atoms with Crippen LogP contribution < -0.4 is 5.32 Å². The molecule has 0 fully saturated rings. The molecule has 0 spiro atoms. The minimum absolute atomic E-state index is 0.654. The molecule has 0 aromatic rings. The van der Waals surface area contributed by atoms with Crippen LogP contribution in [0, 0.1) is 0 Å². The summed E-state index contributed by atoms with van der Waals surface area (Å²) in [4.78, 5) is 2.39. The monoisotopic (exact) mass is 186 g/mol. The van der Waals surface area contributed by atoms with Crippen molar-refractivity contribution in [2.45, 2.75) is 52.6 Å². The smallest absolute Gasteiger partial charge is 0.00508 e. The SMILES string of the molecule is CCCNC(C)CCN(C)C(C)C. The summed E-state index contributed by atoms with van der Waals surface area (Å²) >= 11 is 0. The van der Waals surface area contributed by atoms with Gasteiger partial charge in [0.2, 0.25) is 0 Å². The number of nitrogens with one attached hydrogen (secondary N) is 1. The number of hydrogen-bond acceptors (Lipinski definition) is 2. The van der Waals surface area contributed by atoms with Gasteiger partial charge in [-0.15, -0.1) is 0 Å². The lowest BCUT2D eigenvalue weighted by molar-refractivity contribution is 0.259. The lowest BCUT2D eigenvalue weighted by atomic mass is 10.2. The van der Waals surface area contributed by atoms with E-state index in [1.54, 1.807) is 0 Å². The Morgan fingerprint density at radius 3 is 2.31 bits per heavy atom. The molecule has 80 valence electrons. The van der Waals surface area contributed by atoms with Crippen LogP contribution in [0.5, 0.6) is 0 Å². The van der Waals surface area contributed by atoms with E-state index in [1.165, 1.54) is 19.4 Å². The molecular weight excluding hydrogens is 160 g/mol. The molecule has 0 aromatic carbocycles. The molecule has 1 unspecified atom stereocenters. The van der Waals surface area contributed by atoms with E-state index in [2.05, 4.69) is 45.0 Å². The first-order valence-corrected chi connectivity index (χ1v) is 5.51. The Morgan fingerprint density at radius 1 is 1.23 bits per heavy atom. The van der Waals surface area contributed by atoms with Gasteiger partial charge in [-0.1, -0.05) is 6.92 Å². The van der Waals surface area contributed by atoms with E-state index >= 15 is 0 Å². The van der Waals surface area contributed by atoms with Crippen molar-refractivity contribution < 1.29 is 0 Å². The van der Waals surface area contributed by atoms with Gasteiger partial charge < -0.3 is 10.2 Å². The summed E-state index contributed by atoms with van der Waals surface area (Å²) in [6, 6.07) is 1.32. The predicted octanol–water partition coefficient (Wildman–Crippen LogP) is 2.10. The van der Waals surface area contributed by atoms with Crippen LogP contribution in [0.3, 0.4) is 0 Å². The Bertz CT molecular complexity index is 113. The summed E-state index contributed by atoms with van der Waals surface area (Å²) in [5.41, 5.74) is 0. The third kappa shape index (κ3) is 7.03. The van der Waals surface area contributed by atoms with Crippen LogP contribution in [0.15, 0.2) is 0 Å². The van der Waals surface area contributed by atoms with Gasteiger partial charge in [-0.2, -0.15) is 0 Å². The van der Waals surface area contributed by atoms with Crippen molar-refractivity contribution in [3.05, 3.63) is 0 Å². The molecule has 0 radical (unpaired) electrons. The fraction of sp³-hybridized carbons (Fsp3) is 1.00. The van der Waals surface area contributed by atoms with Gasteiger partial charge in [0.05, 0.1) is 0 Å². The van der Waals surface area contributed by atoms with Crippen LogP contribution in [0.4, 0.5) is 0 Å². The van der Waals surface area contributed by atoms with Gasteiger partial charge in [-0.05, 0) is 53.8 Å². The average Bonchev–Trinajstić information content (AvgIpc) is 2.10. The predicted molar refractivity (Wildman–Crippen MR) is 60.1 cm³/mol. The maximum atomic E-state index is 3.50. The summed E-state index contributed by atoms with van der Waals surface area (Å²) in [5, 5.41) is 3.50. The van der Waals surface area contributed by atoms with Crippen LogP contribution in [0.1, 0.15) is 40.5 Å². The molecule has 0 aliphatic rings. The van der Waals surface area contributed by atoms with Crippen LogP contribution in [-0.2, 0) is 0 Å². The molecule has 0 aliphatic carbocycles. The average molecular weight is 186 g/mol. The minimum Gasteiger partial charge on any atom is -0.314 e. The third-order valence-electron chi connectivity index (χ3n) is 2.54. The first-order valence-electron chi connectivity index (χ1n) is 5.51. The largest absolute Gasteiger partial charge is 0.314 e. The normalized spacial score (nSPS) is 14.1. The highest BCUT2D eigenvalue weighted by atomic mass is 15.1. The molecule has 0 aliphatic heterocycles. The van der Waals surface area contributed by atoms with Gasteiger partial charge >= 0.3 is 0 Å². The second kappa shape index (κ2) is 7.34. The molecule has 0 rings (SSSR count). The van der Waals surface area contributed by atoms with E-state index in [9.17, 15) is 0 Å². The molecule has 2 heteroatoms. The summed E-state index contributed by atoms with van der Waals surface area (Å²) in [6.07, 6.45) is 2.47. The minimum atomic E-state index is 0.654. The molecule has 0 amide bonds. The van der Waals surface area contributed by atoms with Gasteiger partial charge in [0.25, 0.3) is 0 Å². The van der Waals surface area contributed by atoms with Gasteiger partial charge in [-0.25, -0.2) is 0 Å². The molecule has 1 N–H and O–H groups in total. The highest BCUT2D eigenvalue weighted by Crippen LogP contribution is 1.98. The summed E-state index contributed by atoms with van der Waals surface area (Å²) in [6.45, 7) is 11.3. The lowest BCUT2D eigenvalue weighted by Crippen LogP contribution is -2.34. The summed E-state index contributed by atoms with van der Waals surface area (Å²) in [7, 11) is 2.19. The highest BCUT2D eigenvalue weighted by Gasteiger charge is 2.05. The van der Waals surface area contributed by atoms with Crippen LogP contribution in [0.2, 0.25) is 0 Å². The highest BCUT2D eigenvalue weighted by molar-refractivity contribution is 4.64. The molecule has 13 heavy (non-hydrogen) atoms. The van der Waals surface area contributed by atoms with Crippen LogP contribution >= 0.6 is 0 Å². The zero-order valence-electron chi connectivity index (χ0n) is 9.93. The Kier molecular flexibility index (Phi) is 7.29. The lowest BCUT2D eigenvalue weighted by Gasteiger charge is -2.23. The van der Waals surface area contributed by atoms with E-state index < -0.39 is 0 Å². The van der Waals surface area contributed by atoms with E-state index in [0.717, 1.165) is 6.54 Å². The van der Waals surface area contributed by atoms with Crippen molar-refractivity contribution in [2.75, 3.05) is 20.1 Å². The first kappa shape index (κ1) is 12.9. The standard InChI is InChI=1S/C11H26N2/c1-6-8-12-11(4)7-9-13(5)10(2)3/h10-12H,6-9H2,1-5H3. The van der Waals surface area contributed by atoms with Crippen molar-refractivity contribution in [2.24, 2.45) is 0 Å². The van der Waals surface area contributed by atoms with Crippen molar-refractivity contribution >= 4 is 0 Å². The third-order valence-corrected chi connectivity index (χ3v) is 2.54. The first-order chi connectivity index (χ1) is 6.07. The van der Waals surface area contributed by atoms with Crippen molar-refractivity contribution in [3.8, 4) is 0 Å². The van der Waals surface area contributed by atoms with Gasteiger partial charge in [0.15, 0.2) is 0 Å². The number of rotatable bonds is 7. The van der Waals surface area contributed by atoms with E-state index in [0.29, 0.717) is 12.1 Å². The number of hydrogen-bond donors (Lipinski definition) is 1. The molecule has 0 bridgehead atoms. The molecule has 2 nitrogen and oxygen atoms in total. The molecule has 0 aromatic heterocycles. The molecule has 0 saturated heterocycles. The van der Waals surface area contributed by atoms with Gasteiger partial charge in [-0.3, -0.25) is 0 Å². The maximum absolute atomic E-state index is 3.50. The van der Waals surface area contributed by atoms with Crippen molar-refractivity contribution in [3.63, 3.8) is 0 Å². The zero-order valence-corrected chi connectivity index (χ0v) is 9.93. The van der Waals surface area contributed by atoms with Gasteiger partial charge in [0, 0.05) is 12.1 Å². The van der Waals surface area contributed by atoms with E-state index in [4.69, 9.17) is 0 Å². The van der Waals surface area contributed by atoms with Crippen molar-refractivity contribution in [1.29, 1.82) is 0 Å². The van der Waals surface area contributed by atoms with E-state index in [-0.39, 0.29) is 0 Å². The quantitative estimate of drug-likeness (QED) is 0.655. The summed E-state index contributed by atoms with van der Waals surface area (Å²) in [5.74, 6) is 0. The Labute approximate surface area is 83.7 Å². The Balaban J connectivity index is 3.40. The molecule has 0 heterocycles. The van der Waals surface area contributed by atoms with Gasteiger partial charge in [0.1, 0.15) is 0 Å². The molecular formula is C11H26N2. The van der Waals surface area contributed by atoms with Crippen LogP contribution in [0.25, 0.3) is 0 Å². The van der Waals surface area contributed by atoms with Crippen LogP contribution in [-0.4, -0.2) is 37.1 Å².